The van der Waals surface area contributed by atoms with Gasteiger partial charge in [0.2, 0.25) is 0 Å². The Morgan fingerprint density at radius 1 is 1.00 bits per heavy atom. The van der Waals surface area contributed by atoms with Crippen molar-refractivity contribution in [2.45, 2.75) is 78.1 Å². The molecule has 0 unspecified atom stereocenters. The van der Waals surface area contributed by atoms with Crippen LogP contribution < -0.4 is 0 Å². The minimum Gasteiger partial charge on any atom is -0.192 e. The number of hydrogen-bond donors (Lipinski definition) is 0. The fourth-order valence-corrected chi connectivity index (χ4v) is 6.49. The minimum absolute atomic E-state index is 0.788. The van der Waals surface area contributed by atoms with E-state index >= 15 is 0 Å². The normalized spacial score (nSPS) is 10.8. The van der Waals surface area contributed by atoms with Gasteiger partial charge in [-0.25, -0.2) is 0 Å². The smallest absolute Gasteiger partial charge is 0.110 e. The van der Waals surface area contributed by atoms with E-state index in [-0.39, 0.29) is 0 Å². The number of thioether (sulfide) groups is 1. The third kappa shape index (κ3) is 6.88. The van der Waals surface area contributed by atoms with Crippen LogP contribution in [-0.4, -0.2) is 0 Å². The minimum atomic E-state index is 0.788. The summed E-state index contributed by atoms with van der Waals surface area (Å²) in [5.74, 6) is 0. The number of nitrogens with zero attached hydrogens (tertiary/aromatic N) is 1. The fraction of sp³-hybridized carbons (Fsp3) is 0.480. The molecule has 0 bridgehead atoms. The number of rotatable bonds is 14. The summed E-state index contributed by atoms with van der Waals surface area (Å²) in [6, 6.07) is 6.37. The van der Waals surface area contributed by atoms with Crippen molar-refractivity contribution >= 4 is 39.3 Å². The summed E-state index contributed by atoms with van der Waals surface area (Å²) in [5.41, 5.74) is 3.01. The van der Waals surface area contributed by atoms with Gasteiger partial charge in [-0.1, -0.05) is 77.3 Å². The molecular weight excluding hydrogens is 410 g/mol. The van der Waals surface area contributed by atoms with Gasteiger partial charge in [0.25, 0.3) is 0 Å². The van der Waals surface area contributed by atoms with Crippen LogP contribution in [0.1, 0.15) is 86.1 Å². The molecule has 2 aromatic heterocycles. The molecule has 0 atom stereocenters. The largest absolute Gasteiger partial charge is 0.192 e. The van der Waals surface area contributed by atoms with E-state index in [2.05, 4.69) is 39.1 Å². The van der Waals surface area contributed by atoms with E-state index in [1.54, 1.807) is 23.1 Å². The van der Waals surface area contributed by atoms with Crippen molar-refractivity contribution in [2.75, 3.05) is 0 Å². The van der Waals surface area contributed by atoms with Crippen LogP contribution in [-0.2, 0) is 12.8 Å². The van der Waals surface area contributed by atoms with Crippen LogP contribution in [0.4, 0.5) is 0 Å². The quantitative estimate of drug-likeness (QED) is 0.271. The Morgan fingerprint density at radius 3 is 2.21 bits per heavy atom. The summed E-state index contributed by atoms with van der Waals surface area (Å²) in [6.07, 6.45) is 12.4. The first-order valence-corrected chi connectivity index (χ1v) is 13.3. The third-order valence-electron chi connectivity index (χ3n) is 5.10. The number of unbranched alkanes of at least 4 members (excludes halogenated alkanes) is 6. The van der Waals surface area contributed by atoms with Gasteiger partial charge in [0, 0.05) is 19.5 Å². The molecule has 1 nitrogen and oxygen atoms in total. The van der Waals surface area contributed by atoms with Crippen LogP contribution in [0.5, 0.6) is 0 Å². The molecule has 0 aliphatic rings. The van der Waals surface area contributed by atoms with E-state index in [1.165, 1.54) is 77.1 Å². The Morgan fingerprint density at radius 2 is 1.66 bits per heavy atom. The van der Waals surface area contributed by atoms with Crippen LogP contribution in [0.25, 0.3) is 14.7 Å². The summed E-state index contributed by atoms with van der Waals surface area (Å²) in [5, 5.41) is 11.2. The first-order valence-electron chi connectivity index (χ1n) is 10.8. The second-order valence-electron chi connectivity index (χ2n) is 7.32. The molecular formula is C25H33NS3. The van der Waals surface area contributed by atoms with Crippen LogP contribution in [0.15, 0.2) is 30.7 Å². The Hall–Kier alpha value is -1.28. The first-order chi connectivity index (χ1) is 14.2. The van der Waals surface area contributed by atoms with Gasteiger partial charge in [-0.05, 0) is 54.4 Å². The van der Waals surface area contributed by atoms with Crippen LogP contribution in [0.3, 0.4) is 0 Å². The zero-order chi connectivity index (χ0) is 21.1. The molecule has 0 aromatic carbocycles. The SMILES string of the molecule is C=CSC(=C)c1sc(-c2ccc(C#N)s2)c(CCCCCC)c1CCCCCC. The van der Waals surface area contributed by atoms with E-state index in [0.29, 0.717) is 0 Å². The van der Waals surface area contributed by atoms with Crippen LogP contribution in [0.2, 0.25) is 0 Å². The van der Waals surface area contributed by atoms with E-state index in [4.69, 9.17) is 0 Å². The highest BCUT2D eigenvalue weighted by Crippen LogP contribution is 2.46. The lowest BCUT2D eigenvalue weighted by Crippen LogP contribution is -1.96. The van der Waals surface area contributed by atoms with Crippen LogP contribution in [0, 0.1) is 11.3 Å². The Kier molecular flexibility index (Phi) is 10.8. The summed E-state index contributed by atoms with van der Waals surface area (Å²) in [4.78, 5) is 5.82. The molecule has 156 valence electrons. The van der Waals surface area contributed by atoms with Crippen molar-refractivity contribution in [3.05, 3.63) is 51.6 Å². The molecule has 0 N–H and O–H groups in total. The molecule has 4 heteroatoms. The van der Waals surface area contributed by atoms with E-state index < -0.39 is 0 Å². The van der Waals surface area contributed by atoms with E-state index in [1.807, 2.05) is 22.8 Å². The molecule has 0 fully saturated rings. The Labute approximate surface area is 189 Å². The molecule has 0 aliphatic carbocycles. The van der Waals surface area contributed by atoms with Gasteiger partial charge in [-0.2, -0.15) is 5.26 Å². The van der Waals surface area contributed by atoms with Gasteiger partial charge in [-0.3, -0.25) is 0 Å². The highest BCUT2D eigenvalue weighted by Gasteiger charge is 2.21. The zero-order valence-electron chi connectivity index (χ0n) is 17.9. The Bertz CT molecular complexity index is 835. The molecule has 2 aromatic rings. The van der Waals surface area contributed by atoms with Gasteiger partial charge < -0.3 is 0 Å². The second-order valence-corrected chi connectivity index (χ2v) is 10.5. The van der Waals surface area contributed by atoms with Gasteiger partial charge in [0.05, 0.1) is 0 Å². The first kappa shape index (κ1) is 24.0. The highest BCUT2D eigenvalue weighted by atomic mass is 32.2. The summed E-state index contributed by atoms with van der Waals surface area (Å²) in [7, 11) is 0. The zero-order valence-corrected chi connectivity index (χ0v) is 20.3. The lowest BCUT2D eigenvalue weighted by molar-refractivity contribution is 0.652. The van der Waals surface area contributed by atoms with Crippen molar-refractivity contribution < 1.29 is 0 Å². The van der Waals surface area contributed by atoms with Crippen molar-refractivity contribution in [3.63, 3.8) is 0 Å². The summed E-state index contributed by atoms with van der Waals surface area (Å²) in [6.45, 7) is 12.8. The molecule has 2 heterocycles. The van der Waals surface area contributed by atoms with Crippen molar-refractivity contribution in [2.24, 2.45) is 0 Å². The van der Waals surface area contributed by atoms with Gasteiger partial charge >= 0.3 is 0 Å². The maximum absolute atomic E-state index is 9.29. The molecule has 0 saturated heterocycles. The summed E-state index contributed by atoms with van der Waals surface area (Å²) >= 11 is 5.12. The van der Waals surface area contributed by atoms with Gasteiger partial charge in [0.1, 0.15) is 10.9 Å². The lowest BCUT2D eigenvalue weighted by atomic mass is 9.96. The number of hydrogen-bond acceptors (Lipinski definition) is 4. The molecule has 0 spiro atoms. The molecule has 0 saturated carbocycles. The highest BCUT2D eigenvalue weighted by molar-refractivity contribution is 8.11. The second kappa shape index (κ2) is 13.1. The van der Waals surface area contributed by atoms with Crippen LogP contribution >= 0.6 is 34.4 Å². The monoisotopic (exact) mass is 443 g/mol. The Balaban J connectivity index is 2.43. The van der Waals surface area contributed by atoms with Crippen molar-refractivity contribution in [1.82, 2.24) is 0 Å². The molecule has 0 amide bonds. The number of nitriles is 1. The standard InChI is InChI=1S/C25H33NS3/c1-5-8-10-12-14-21-22(15-13-11-9-6-2)25(23-17-16-20(18-26)28-23)29-24(21)19(4)27-7-3/h7,16-17H,3-6,8-15H2,1-2H3. The van der Waals surface area contributed by atoms with Crippen molar-refractivity contribution in [3.8, 4) is 15.8 Å². The third-order valence-corrected chi connectivity index (χ3v) is 8.38. The molecule has 2 rings (SSSR count). The molecule has 29 heavy (non-hydrogen) atoms. The van der Waals surface area contributed by atoms with Gasteiger partial charge in [-0.15, -0.1) is 22.7 Å². The lowest BCUT2D eigenvalue weighted by Gasteiger charge is -2.10. The molecule has 0 radical (unpaired) electrons. The number of thiophene rings is 2. The van der Waals surface area contributed by atoms with E-state index in [0.717, 1.165) is 22.6 Å². The van der Waals surface area contributed by atoms with Gasteiger partial charge in [0.15, 0.2) is 0 Å². The van der Waals surface area contributed by atoms with E-state index in [9.17, 15) is 5.26 Å². The predicted molar refractivity (Wildman–Crippen MR) is 135 cm³/mol. The maximum Gasteiger partial charge on any atom is 0.110 e. The fourth-order valence-electron chi connectivity index (χ4n) is 3.58. The van der Waals surface area contributed by atoms with Crippen molar-refractivity contribution in [1.29, 1.82) is 5.26 Å². The maximum atomic E-state index is 9.29. The predicted octanol–water partition coefficient (Wildman–Crippen LogP) is 9.44. The molecule has 0 aliphatic heterocycles. The summed E-state index contributed by atoms with van der Waals surface area (Å²) < 4.78 is 0. The average molecular weight is 444 g/mol. The topological polar surface area (TPSA) is 23.8 Å². The average Bonchev–Trinajstić information content (AvgIpc) is 3.33.